The van der Waals surface area contributed by atoms with Gasteiger partial charge >= 0.3 is 0 Å². The lowest BCUT2D eigenvalue weighted by Crippen LogP contribution is -2.54. The molecule has 0 unspecified atom stereocenters. The normalized spacial score (nSPS) is 18.6. The van der Waals surface area contributed by atoms with Gasteiger partial charge in [-0.3, -0.25) is 4.79 Å². The fraction of sp³-hybridized carbons (Fsp3) is 0.833. The van der Waals surface area contributed by atoms with Crippen LogP contribution in [-0.4, -0.2) is 35.4 Å². The van der Waals surface area contributed by atoms with E-state index in [4.69, 9.17) is 10.9 Å². The molecule has 17 heavy (non-hydrogen) atoms. The van der Waals surface area contributed by atoms with E-state index in [0.29, 0.717) is 12.8 Å². The maximum Gasteiger partial charge on any atom is 0.236 e. The minimum atomic E-state index is -0.726. The third kappa shape index (κ3) is 2.70. The van der Waals surface area contributed by atoms with Crippen molar-refractivity contribution in [1.82, 2.24) is 4.90 Å². The molecule has 0 heterocycles. The number of hydrogen-bond acceptors (Lipinski definition) is 3. The molecule has 0 aromatic heterocycles. The van der Waals surface area contributed by atoms with Gasteiger partial charge in [-0.05, 0) is 19.3 Å². The monoisotopic (exact) mass is 241 g/mol. The highest BCUT2D eigenvalue weighted by molar-refractivity contribution is 6.07. The zero-order valence-electron chi connectivity index (χ0n) is 10.8. The summed E-state index contributed by atoms with van der Waals surface area (Å²) >= 11 is 0. The van der Waals surface area contributed by atoms with Gasteiger partial charge in [0.05, 0.1) is 0 Å². The highest BCUT2D eigenvalue weighted by Gasteiger charge is 2.49. The fourth-order valence-corrected chi connectivity index (χ4v) is 2.27. The predicted octanol–water partition coefficient (Wildman–Crippen LogP) is 1.55. The standard InChI is InChI=1S/C12H23N3O2/c1-3-4-5-9-15(2)11(16)12(7-6-8-12)10(13)14-17/h17H,3-9H2,1-2H3,(H2,13,14). The Balaban J connectivity index is 2.60. The van der Waals surface area contributed by atoms with Gasteiger partial charge < -0.3 is 15.8 Å². The first-order chi connectivity index (χ1) is 8.08. The van der Waals surface area contributed by atoms with E-state index in [-0.39, 0.29) is 11.7 Å². The summed E-state index contributed by atoms with van der Waals surface area (Å²) in [5, 5.41) is 11.8. The molecule has 1 aliphatic rings. The Bertz CT molecular complexity index is 298. The van der Waals surface area contributed by atoms with Crippen molar-refractivity contribution in [3.63, 3.8) is 0 Å². The Labute approximate surface area is 103 Å². The van der Waals surface area contributed by atoms with E-state index < -0.39 is 5.41 Å². The van der Waals surface area contributed by atoms with Crippen molar-refractivity contribution in [2.75, 3.05) is 13.6 Å². The summed E-state index contributed by atoms with van der Waals surface area (Å²) in [5.74, 6) is 0.0613. The number of hydrogen-bond donors (Lipinski definition) is 2. The maximum absolute atomic E-state index is 12.3. The highest BCUT2D eigenvalue weighted by atomic mass is 16.4. The van der Waals surface area contributed by atoms with Crippen molar-refractivity contribution in [1.29, 1.82) is 0 Å². The number of amidine groups is 1. The first-order valence-electron chi connectivity index (χ1n) is 6.32. The van der Waals surface area contributed by atoms with Crippen LogP contribution >= 0.6 is 0 Å². The molecule has 0 radical (unpaired) electrons. The first kappa shape index (κ1) is 13.8. The van der Waals surface area contributed by atoms with Crippen LogP contribution < -0.4 is 5.73 Å². The molecule has 1 aliphatic carbocycles. The summed E-state index contributed by atoms with van der Waals surface area (Å²) in [6.45, 7) is 2.87. The second-order valence-electron chi connectivity index (χ2n) is 4.85. The summed E-state index contributed by atoms with van der Waals surface area (Å²) in [5.41, 5.74) is 4.93. The van der Waals surface area contributed by atoms with Gasteiger partial charge in [0.15, 0.2) is 5.84 Å². The van der Waals surface area contributed by atoms with Crippen molar-refractivity contribution < 1.29 is 10.0 Å². The van der Waals surface area contributed by atoms with E-state index in [9.17, 15) is 4.79 Å². The van der Waals surface area contributed by atoms with Crippen molar-refractivity contribution in [2.24, 2.45) is 16.3 Å². The van der Waals surface area contributed by atoms with Crippen LogP contribution in [0.5, 0.6) is 0 Å². The molecule has 0 bridgehead atoms. The SMILES string of the molecule is CCCCCN(C)C(=O)C1(C(N)=NO)CCC1. The van der Waals surface area contributed by atoms with E-state index in [1.165, 1.54) is 0 Å². The largest absolute Gasteiger partial charge is 0.409 e. The van der Waals surface area contributed by atoms with Gasteiger partial charge in [-0.25, -0.2) is 0 Å². The molecule has 5 heteroatoms. The van der Waals surface area contributed by atoms with Crippen LogP contribution in [0, 0.1) is 5.41 Å². The van der Waals surface area contributed by atoms with Gasteiger partial charge in [0.1, 0.15) is 5.41 Å². The zero-order valence-corrected chi connectivity index (χ0v) is 10.8. The number of oxime groups is 1. The molecule has 98 valence electrons. The third-order valence-corrected chi connectivity index (χ3v) is 3.66. The number of unbranched alkanes of at least 4 members (excludes halogenated alkanes) is 2. The Morgan fingerprint density at radius 2 is 2.12 bits per heavy atom. The molecular weight excluding hydrogens is 218 g/mol. The van der Waals surface area contributed by atoms with Crippen molar-refractivity contribution in [2.45, 2.75) is 45.4 Å². The molecule has 3 N–H and O–H groups in total. The summed E-state index contributed by atoms with van der Waals surface area (Å²) in [4.78, 5) is 14.0. The minimum Gasteiger partial charge on any atom is -0.409 e. The Hall–Kier alpha value is -1.26. The number of carbonyl (C=O) groups is 1. The number of nitrogens with zero attached hydrogens (tertiary/aromatic N) is 2. The summed E-state index contributed by atoms with van der Waals surface area (Å²) < 4.78 is 0. The second kappa shape index (κ2) is 5.89. The molecule has 1 saturated carbocycles. The maximum atomic E-state index is 12.3. The highest BCUT2D eigenvalue weighted by Crippen LogP contribution is 2.42. The molecule has 1 fully saturated rings. The Kier molecular flexibility index (Phi) is 4.78. The zero-order chi connectivity index (χ0) is 12.9. The number of carbonyl (C=O) groups excluding carboxylic acids is 1. The lowest BCUT2D eigenvalue weighted by atomic mass is 9.67. The Morgan fingerprint density at radius 1 is 1.47 bits per heavy atom. The van der Waals surface area contributed by atoms with Gasteiger partial charge in [0.25, 0.3) is 0 Å². The smallest absolute Gasteiger partial charge is 0.236 e. The molecule has 0 saturated heterocycles. The quantitative estimate of drug-likeness (QED) is 0.243. The lowest BCUT2D eigenvalue weighted by molar-refractivity contribution is -0.140. The van der Waals surface area contributed by atoms with E-state index >= 15 is 0 Å². The van der Waals surface area contributed by atoms with E-state index in [1.54, 1.807) is 11.9 Å². The van der Waals surface area contributed by atoms with Gasteiger partial charge in [0, 0.05) is 13.6 Å². The molecule has 0 atom stereocenters. The average molecular weight is 241 g/mol. The van der Waals surface area contributed by atoms with Crippen molar-refractivity contribution in [3.05, 3.63) is 0 Å². The van der Waals surface area contributed by atoms with Crippen molar-refractivity contribution >= 4 is 11.7 Å². The van der Waals surface area contributed by atoms with Crippen molar-refractivity contribution in [3.8, 4) is 0 Å². The van der Waals surface area contributed by atoms with Crippen LogP contribution in [0.1, 0.15) is 45.4 Å². The fourth-order valence-electron chi connectivity index (χ4n) is 2.27. The van der Waals surface area contributed by atoms with Gasteiger partial charge in [-0.15, -0.1) is 0 Å². The van der Waals surface area contributed by atoms with Crippen LogP contribution in [0.25, 0.3) is 0 Å². The van der Waals surface area contributed by atoms with Crippen LogP contribution in [0.4, 0.5) is 0 Å². The molecular formula is C12H23N3O2. The van der Waals surface area contributed by atoms with Crippen LogP contribution in [0.15, 0.2) is 5.16 Å². The molecule has 0 aliphatic heterocycles. The molecule has 1 amide bonds. The van der Waals surface area contributed by atoms with Crippen LogP contribution in [0.2, 0.25) is 0 Å². The number of rotatable bonds is 6. The van der Waals surface area contributed by atoms with Crippen LogP contribution in [-0.2, 0) is 4.79 Å². The summed E-state index contributed by atoms with van der Waals surface area (Å²) in [6, 6.07) is 0. The number of nitrogens with two attached hydrogens (primary N) is 1. The van der Waals surface area contributed by atoms with Gasteiger partial charge in [-0.1, -0.05) is 31.3 Å². The topological polar surface area (TPSA) is 78.9 Å². The molecule has 0 aromatic rings. The van der Waals surface area contributed by atoms with E-state index in [1.807, 2.05) is 0 Å². The average Bonchev–Trinajstić information content (AvgIpc) is 2.27. The van der Waals surface area contributed by atoms with Gasteiger partial charge in [-0.2, -0.15) is 0 Å². The Morgan fingerprint density at radius 3 is 2.53 bits per heavy atom. The minimum absolute atomic E-state index is 0.00449. The predicted molar refractivity (Wildman–Crippen MR) is 66.9 cm³/mol. The van der Waals surface area contributed by atoms with E-state index in [2.05, 4.69) is 12.1 Å². The molecule has 5 nitrogen and oxygen atoms in total. The summed E-state index contributed by atoms with van der Waals surface area (Å²) in [7, 11) is 1.79. The molecule has 0 aromatic carbocycles. The third-order valence-electron chi connectivity index (χ3n) is 3.66. The molecule has 0 spiro atoms. The number of amides is 1. The van der Waals surface area contributed by atoms with E-state index in [0.717, 1.165) is 32.2 Å². The second-order valence-corrected chi connectivity index (χ2v) is 4.85. The first-order valence-corrected chi connectivity index (χ1v) is 6.32. The lowest BCUT2D eigenvalue weighted by Gasteiger charge is -2.41. The summed E-state index contributed by atoms with van der Waals surface area (Å²) in [6.07, 6.45) is 5.61. The van der Waals surface area contributed by atoms with Crippen LogP contribution in [0.3, 0.4) is 0 Å². The molecule has 1 rings (SSSR count). The van der Waals surface area contributed by atoms with Gasteiger partial charge in [0.2, 0.25) is 5.91 Å².